The molecule has 1 aliphatic rings. The van der Waals surface area contributed by atoms with Crippen LogP contribution in [0.1, 0.15) is 39.5 Å². The van der Waals surface area contributed by atoms with E-state index in [0.29, 0.717) is 0 Å². The van der Waals surface area contributed by atoms with Crippen molar-refractivity contribution in [2.24, 2.45) is 17.6 Å². The Morgan fingerprint density at radius 2 is 2.15 bits per heavy atom. The zero-order valence-electron chi connectivity index (χ0n) is 9.05. The summed E-state index contributed by atoms with van der Waals surface area (Å²) >= 11 is 0. The minimum atomic E-state index is 0.809. The molecule has 0 bridgehead atoms. The van der Waals surface area contributed by atoms with Crippen LogP contribution in [-0.4, -0.2) is 19.1 Å². The van der Waals surface area contributed by atoms with Crippen molar-refractivity contribution in [1.29, 1.82) is 0 Å². The van der Waals surface area contributed by atoms with Crippen LogP contribution in [0.5, 0.6) is 0 Å². The summed E-state index contributed by atoms with van der Waals surface area (Å²) in [5.41, 5.74) is 5.49. The lowest BCUT2D eigenvalue weighted by Gasteiger charge is -2.09. The van der Waals surface area contributed by atoms with Crippen LogP contribution in [0, 0.1) is 11.8 Å². The molecule has 3 N–H and O–H groups in total. The summed E-state index contributed by atoms with van der Waals surface area (Å²) < 4.78 is 0. The molecule has 2 heteroatoms. The molecule has 3 unspecified atom stereocenters. The van der Waals surface area contributed by atoms with Gasteiger partial charge in [0.25, 0.3) is 0 Å². The number of nitrogens with one attached hydrogen (secondary N) is 1. The van der Waals surface area contributed by atoms with Crippen LogP contribution in [0.3, 0.4) is 0 Å². The molecule has 0 aromatic heterocycles. The van der Waals surface area contributed by atoms with Gasteiger partial charge in [0.2, 0.25) is 0 Å². The Balaban J connectivity index is 1.83. The van der Waals surface area contributed by atoms with E-state index in [4.69, 9.17) is 5.73 Å². The predicted molar refractivity (Wildman–Crippen MR) is 57.6 cm³/mol. The van der Waals surface area contributed by atoms with E-state index in [1.807, 2.05) is 0 Å². The molecule has 0 heterocycles. The van der Waals surface area contributed by atoms with Gasteiger partial charge in [-0.15, -0.1) is 0 Å². The van der Waals surface area contributed by atoms with Gasteiger partial charge in [-0.1, -0.05) is 13.8 Å². The van der Waals surface area contributed by atoms with Crippen molar-refractivity contribution in [3.8, 4) is 0 Å². The topological polar surface area (TPSA) is 38.0 Å². The van der Waals surface area contributed by atoms with E-state index in [2.05, 4.69) is 19.2 Å². The van der Waals surface area contributed by atoms with Crippen LogP contribution in [0.15, 0.2) is 0 Å². The molecule has 0 radical (unpaired) electrons. The smallest absolute Gasteiger partial charge is 0.00963 e. The Morgan fingerprint density at radius 1 is 1.46 bits per heavy atom. The SMILES string of the molecule is CC(CCN)CCCNC1CC1C. The first-order valence-electron chi connectivity index (χ1n) is 5.67. The molecular weight excluding hydrogens is 160 g/mol. The minimum Gasteiger partial charge on any atom is -0.330 e. The van der Waals surface area contributed by atoms with Crippen molar-refractivity contribution >= 4 is 0 Å². The molecule has 0 aromatic rings. The maximum absolute atomic E-state index is 5.49. The first-order chi connectivity index (χ1) is 6.24. The van der Waals surface area contributed by atoms with E-state index >= 15 is 0 Å². The Labute approximate surface area is 82.3 Å². The lowest BCUT2D eigenvalue weighted by molar-refractivity contribution is 0.466. The molecule has 1 rings (SSSR count). The maximum Gasteiger partial charge on any atom is 0.00963 e. The van der Waals surface area contributed by atoms with Gasteiger partial charge in [0.1, 0.15) is 0 Å². The van der Waals surface area contributed by atoms with Crippen molar-refractivity contribution in [1.82, 2.24) is 5.32 Å². The first-order valence-corrected chi connectivity index (χ1v) is 5.67. The zero-order chi connectivity index (χ0) is 9.68. The van der Waals surface area contributed by atoms with Gasteiger partial charge in [0.05, 0.1) is 0 Å². The van der Waals surface area contributed by atoms with Crippen LogP contribution < -0.4 is 11.1 Å². The van der Waals surface area contributed by atoms with Crippen LogP contribution in [0.2, 0.25) is 0 Å². The lowest BCUT2D eigenvalue weighted by Crippen LogP contribution is -2.19. The van der Waals surface area contributed by atoms with Gasteiger partial charge in [0, 0.05) is 6.04 Å². The third-order valence-corrected chi connectivity index (χ3v) is 3.05. The minimum absolute atomic E-state index is 0.809. The van der Waals surface area contributed by atoms with Gasteiger partial charge < -0.3 is 11.1 Å². The molecule has 1 aliphatic carbocycles. The van der Waals surface area contributed by atoms with E-state index in [9.17, 15) is 0 Å². The fourth-order valence-electron chi connectivity index (χ4n) is 1.77. The molecule has 3 atom stereocenters. The molecule has 0 amide bonds. The Hall–Kier alpha value is -0.0800. The lowest BCUT2D eigenvalue weighted by atomic mass is 10.0. The van der Waals surface area contributed by atoms with Gasteiger partial charge >= 0.3 is 0 Å². The van der Waals surface area contributed by atoms with Crippen LogP contribution in [-0.2, 0) is 0 Å². The van der Waals surface area contributed by atoms with Gasteiger partial charge in [-0.25, -0.2) is 0 Å². The average Bonchev–Trinajstić information content (AvgIpc) is 2.77. The normalized spacial score (nSPS) is 28.8. The third kappa shape index (κ3) is 4.63. The van der Waals surface area contributed by atoms with Gasteiger partial charge in [0.15, 0.2) is 0 Å². The molecule has 0 aliphatic heterocycles. The van der Waals surface area contributed by atoms with Crippen molar-refractivity contribution in [3.05, 3.63) is 0 Å². The molecular formula is C11H24N2. The highest BCUT2D eigenvalue weighted by Crippen LogP contribution is 2.28. The maximum atomic E-state index is 5.49. The monoisotopic (exact) mass is 184 g/mol. The van der Waals surface area contributed by atoms with Crippen molar-refractivity contribution in [2.75, 3.05) is 13.1 Å². The molecule has 0 spiro atoms. The molecule has 1 saturated carbocycles. The Bertz CT molecular complexity index is 136. The summed E-state index contributed by atoms with van der Waals surface area (Å²) in [6.07, 6.45) is 5.20. The summed E-state index contributed by atoms with van der Waals surface area (Å²) in [4.78, 5) is 0. The van der Waals surface area contributed by atoms with Crippen molar-refractivity contribution < 1.29 is 0 Å². The summed E-state index contributed by atoms with van der Waals surface area (Å²) in [6.45, 7) is 6.65. The van der Waals surface area contributed by atoms with E-state index in [-0.39, 0.29) is 0 Å². The van der Waals surface area contributed by atoms with Crippen molar-refractivity contribution in [3.63, 3.8) is 0 Å². The number of hydrogen-bond acceptors (Lipinski definition) is 2. The molecule has 1 fully saturated rings. The quantitative estimate of drug-likeness (QED) is 0.592. The summed E-state index contributed by atoms with van der Waals surface area (Å²) in [5.74, 6) is 1.74. The van der Waals surface area contributed by atoms with Gasteiger partial charge in [-0.05, 0) is 50.6 Å². The van der Waals surface area contributed by atoms with E-state index in [1.165, 1.54) is 32.2 Å². The number of nitrogens with two attached hydrogens (primary N) is 1. The van der Waals surface area contributed by atoms with Crippen molar-refractivity contribution in [2.45, 2.75) is 45.6 Å². The first kappa shape index (κ1) is 11.0. The standard InChI is InChI=1S/C11H24N2/c1-9(5-6-12)4-3-7-13-11-8-10(11)2/h9-11,13H,3-8,12H2,1-2H3. The molecule has 0 saturated heterocycles. The molecule has 0 aromatic carbocycles. The Morgan fingerprint density at radius 3 is 2.69 bits per heavy atom. The second-order valence-electron chi connectivity index (χ2n) is 4.60. The van der Waals surface area contributed by atoms with E-state index in [0.717, 1.165) is 24.4 Å². The summed E-state index contributed by atoms with van der Waals surface area (Å²) in [6, 6.07) is 0.838. The average molecular weight is 184 g/mol. The highest BCUT2D eigenvalue weighted by molar-refractivity contribution is 4.89. The number of rotatable bonds is 7. The molecule has 78 valence electrons. The molecule has 2 nitrogen and oxygen atoms in total. The van der Waals surface area contributed by atoms with Crippen LogP contribution in [0.25, 0.3) is 0 Å². The second kappa shape index (κ2) is 5.61. The third-order valence-electron chi connectivity index (χ3n) is 3.05. The fraction of sp³-hybridized carbons (Fsp3) is 1.00. The highest BCUT2D eigenvalue weighted by Gasteiger charge is 2.31. The highest BCUT2D eigenvalue weighted by atomic mass is 15.0. The predicted octanol–water partition coefficient (Wildman–Crippen LogP) is 1.75. The second-order valence-corrected chi connectivity index (χ2v) is 4.60. The number of hydrogen-bond donors (Lipinski definition) is 2. The van der Waals surface area contributed by atoms with E-state index < -0.39 is 0 Å². The summed E-state index contributed by atoms with van der Waals surface area (Å²) in [5, 5.41) is 3.57. The van der Waals surface area contributed by atoms with Crippen LogP contribution >= 0.6 is 0 Å². The van der Waals surface area contributed by atoms with Crippen LogP contribution in [0.4, 0.5) is 0 Å². The Kier molecular flexibility index (Phi) is 4.74. The van der Waals surface area contributed by atoms with Gasteiger partial charge in [-0.3, -0.25) is 0 Å². The van der Waals surface area contributed by atoms with Gasteiger partial charge in [-0.2, -0.15) is 0 Å². The van der Waals surface area contributed by atoms with E-state index in [1.54, 1.807) is 0 Å². The zero-order valence-corrected chi connectivity index (χ0v) is 9.05. The summed E-state index contributed by atoms with van der Waals surface area (Å²) in [7, 11) is 0. The largest absolute Gasteiger partial charge is 0.330 e. The molecule has 13 heavy (non-hydrogen) atoms. The fourth-order valence-corrected chi connectivity index (χ4v) is 1.77.